The number of ether oxygens (including phenoxy) is 3. The van der Waals surface area contributed by atoms with Crippen LogP contribution < -0.4 is 0 Å². The van der Waals surface area contributed by atoms with Gasteiger partial charge in [0, 0.05) is 19.3 Å². The number of hydrogen-bond donors (Lipinski definition) is 0. The molecule has 0 heterocycles. The third kappa shape index (κ3) is 50.2. The molecule has 6 heteroatoms. The molecule has 0 spiro atoms. The van der Waals surface area contributed by atoms with E-state index < -0.39 is 6.10 Å². The first-order chi connectivity index (χ1) is 32.0. The maximum Gasteiger partial charge on any atom is 0.306 e. The minimum absolute atomic E-state index is 0.130. The van der Waals surface area contributed by atoms with E-state index in [1.165, 1.54) is 0 Å². The van der Waals surface area contributed by atoms with E-state index in [0.717, 1.165) is 141 Å². The molecule has 0 aromatic carbocycles. The zero-order chi connectivity index (χ0) is 47.2. The van der Waals surface area contributed by atoms with E-state index in [0.29, 0.717) is 12.8 Å². The summed E-state index contributed by atoms with van der Waals surface area (Å²) in [5, 5.41) is 0. The van der Waals surface area contributed by atoms with Crippen molar-refractivity contribution >= 4 is 17.9 Å². The molecule has 0 saturated carbocycles. The van der Waals surface area contributed by atoms with Gasteiger partial charge in [0.15, 0.2) is 6.10 Å². The maximum absolute atomic E-state index is 12.8. The average Bonchev–Trinajstić information content (AvgIpc) is 3.30. The summed E-state index contributed by atoms with van der Waals surface area (Å²) >= 11 is 0. The molecule has 0 saturated heterocycles. The number of unbranched alkanes of at least 4 members (excludes halogenated alkanes) is 8. The molecule has 362 valence electrons. The lowest BCUT2D eigenvalue weighted by atomic mass is 10.1. The quantitative estimate of drug-likeness (QED) is 0.0263. The van der Waals surface area contributed by atoms with Gasteiger partial charge in [-0.1, -0.05) is 192 Å². The highest BCUT2D eigenvalue weighted by molar-refractivity contribution is 5.71. The highest BCUT2D eigenvalue weighted by atomic mass is 16.6. The van der Waals surface area contributed by atoms with Crippen molar-refractivity contribution in [2.45, 2.75) is 194 Å². The zero-order valence-corrected chi connectivity index (χ0v) is 41.2. The Morgan fingerprint density at radius 1 is 0.308 bits per heavy atom. The molecular weight excluding hydrogens is 805 g/mol. The molecule has 0 aliphatic heterocycles. The van der Waals surface area contributed by atoms with Crippen LogP contribution in [0, 0.1) is 0 Å². The number of hydrogen-bond acceptors (Lipinski definition) is 6. The maximum atomic E-state index is 12.8. The first-order valence-electron chi connectivity index (χ1n) is 25.3. The van der Waals surface area contributed by atoms with Gasteiger partial charge in [0.1, 0.15) is 13.2 Å². The SMILES string of the molecule is CC/C=C\C/C=C\C/C=C\C/C=C\CCCCCCC(=O)OCC(COC(=O)CC/C=C\C/C=C\C/C=C\C/C=C\CC)OC(=O)CCCCCC/C=C\C/C=C\C/C=C\C/C=C\CC. The molecule has 0 aliphatic carbocycles. The predicted molar refractivity (Wildman–Crippen MR) is 279 cm³/mol. The third-order valence-corrected chi connectivity index (χ3v) is 9.83. The number of allylic oxidation sites excluding steroid dienone is 24. The normalized spacial score (nSPS) is 13.3. The minimum atomic E-state index is -0.836. The van der Waals surface area contributed by atoms with Crippen LogP contribution in [0.2, 0.25) is 0 Å². The Hall–Kier alpha value is -4.71. The summed E-state index contributed by atoms with van der Waals surface area (Å²) < 4.78 is 16.7. The summed E-state index contributed by atoms with van der Waals surface area (Å²) in [6.45, 7) is 6.16. The van der Waals surface area contributed by atoms with Gasteiger partial charge in [-0.05, 0) is 122 Å². The summed E-state index contributed by atoms with van der Waals surface area (Å²) in [7, 11) is 0. The van der Waals surface area contributed by atoms with Crippen LogP contribution in [-0.2, 0) is 28.6 Å². The Kier molecular flexibility index (Phi) is 48.2. The Morgan fingerprint density at radius 2 is 0.585 bits per heavy atom. The van der Waals surface area contributed by atoms with Crippen molar-refractivity contribution in [1.82, 2.24) is 0 Å². The Labute approximate surface area is 397 Å². The Balaban J connectivity index is 4.59. The second-order valence-electron chi connectivity index (χ2n) is 15.9. The highest BCUT2D eigenvalue weighted by Gasteiger charge is 2.19. The molecule has 6 nitrogen and oxygen atoms in total. The van der Waals surface area contributed by atoms with Gasteiger partial charge < -0.3 is 14.2 Å². The second-order valence-corrected chi connectivity index (χ2v) is 15.9. The number of esters is 3. The summed E-state index contributed by atoms with van der Waals surface area (Å²) in [4.78, 5) is 37.9. The van der Waals surface area contributed by atoms with Crippen molar-refractivity contribution in [3.05, 3.63) is 146 Å². The van der Waals surface area contributed by atoms with Crippen LogP contribution in [0.5, 0.6) is 0 Å². The van der Waals surface area contributed by atoms with Gasteiger partial charge >= 0.3 is 17.9 Å². The van der Waals surface area contributed by atoms with Crippen LogP contribution in [-0.4, -0.2) is 37.2 Å². The van der Waals surface area contributed by atoms with Gasteiger partial charge in [0.25, 0.3) is 0 Å². The molecule has 0 aromatic heterocycles. The summed E-state index contributed by atoms with van der Waals surface area (Å²) in [5.41, 5.74) is 0. The first kappa shape index (κ1) is 60.3. The molecule has 0 radical (unpaired) electrons. The van der Waals surface area contributed by atoms with E-state index in [1.807, 2.05) is 12.2 Å². The van der Waals surface area contributed by atoms with Crippen molar-refractivity contribution < 1.29 is 28.6 Å². The largest absolute Gasteiger partial charge is 0.462 e. The van der Waals surface area contributed by atoms with E-state index in [4.69, 9.17) is 14.2 Å². The fourth-order valence-electron chi connectivity index (χ4n) is 6.14. The first-order valence-corrected chi connectivity index (χ1v) is 25.3. The molecule has 1 atom stereocenters. The van der Waals surface area contributed by atoms with Crippen molar-refractivity contribution in [3.63, 3.8) is 0 Å². The fourth-order valence-corrected chi connectivity index (χ4v) is 6.14. The van der Waals surface area contributed by atoms with Crippen LogP contribution in [0.25, 0.3) is 0 Å². The van der Waals surface area contributed by atoms with Gasteiger partial charge in [-0.3, -0.25) is 14.4 Å². The molecule has 0 N–H and O–H groups in total. The van der Waals surface area contributed by atoms with Gasteiger partial charge in [-0.2, -0.15) is 0 Å². The number of rotatable bonds is 43. The lowest BCUT2D eigenvalue weighted by Gasteiger charge is -2.18. The third-order valence-electron chi connectivity index (χ3n) is 9.83. The summed E-state index contributed by atoms with van der Waals surface area (Å²) in [6.07, 6.45) is 74.1. The van der Waals surface area contributed by atoms with E-state index in [9.17, 15) is 14.4 Å². The van der Waals surface area contributed by atoms with E-state index >= 15 is 0 Å². The van der Waals surface area contributed by atoms with Gasteiger partial charge in [-0.15, -0.1) is 0 Å². The topological polar surface area (TPSA) is 78.9 Å². The van der Waals surface area contributed by atoms with Crippen LogP contribution in [0.1, 0.15) is 188 Å². The fraction of sp³-hybridized carbons (Fsp3) is 0.542. The minimum Gasteiger partial charge on any atom is -0.462 e. The predicted octanol–water partition coefficient (Wildman–Crippen LogP) is 16.9. The van der Waals surface area contributed by atoms with Crippen molar-refractivity contribution in [2.24, 2.45) is 0 Å². The molecule has 0 fully saturated rings. The molecular formula is C59H90O6. The number of carbonyl (C=O) groups is 3. The van der Waals surface area contributed by atoms with Gasteiger partial charge in [0.05, 0.1) is 0 Å². The lowest BCUT2D eigenvalue weighted by molar-refractivity contribution is -0.166. The van der Waals surface area contributed by atoms with E-state index in [1.54, 1.807) is 0 Å². The van der Waals surface area contributed by atoms with Crippen LogP contribution in [0.3, 0.4) is 0 Å². The Morgan fingerprint density at radius 3 is 0.938 bits per heavy atom. The van der Waals surface area contributed by atoms with E-state index in [-0.39, 0.29) is 44.0 Å². The summed E-state index contributed by atoms with van der Waals surface area (Å²) in [5.74, 6) is -1.07. The highest BCUT2D eigenvalue weighted by Crippen LogP contribution is 2.11. The average molecular weight is 895 g/mol. The molecule has 0 rings (SSSR count). The molecule has 0 amide bonds. The Bertz CT molecular complexity index is 1490. The monoisotopic (exact) mass is 895 g/mol. The lowest BCUT2D eigenvalue weighted by Crippen LogP contribution is -2.30. The molecule has 0 aromatic rings. The van der Waals surface area contributed by atoms with Crippen molar-refractivity contribution in [1.29, 1.82) is 0 Å². The van der Waals surface area contributed by atoms with E-state index in [2.05, 4.69) is 154 Å². The molecule has 1 unspecified atom stereocenters. The second kappa shape index (κ2) is 51.9. The standard InChI is InChI=1S/C59H90O6/c1-4-7-10-13-16-19-22-25-27-29-31-34-37-40-43-46-49-52-58(61)64-55-56(54-63-57(60)51-48-45-42-39-36-33-24-21-18-15-12-9-6-3)65-59(62)53-50-47-44-41-38-35-32-30-28-26-23-20-17-14-11-8-5-2/h7-12,16-21,25-28,31-36,42,45,56H,4-6,13-15,22-24,29-30,37-41,43-44,46-55H2,1-3H3/b10-7-,11-8-,12-9-,19-16-,20-17-,21-18-,27-25-,28-26-,34-31-,35-32-,36-33-,45-42-. The smallest absolute Gasteiger partial charge is 0.306 e. The van der Waals surface area contributed by atoms with Crippen molar-refractivity contribution in [3.8, 4) is 0 Å². The molecule has 0 aliphatic rings. The van der Waals surface area contributed by atoms with Crippen LogP contribution >= 0.6 is 0 Å². The van der Waals surface area contributed by atoms with Crippen LogP contribution in [0.4, 0.5) is 0 Å². The van der Waals surface area contributed by atoms with Gasteiger partial charge in [0.2, 0.25) is 0 Å². The van der Waals surface area contributed by atoms with Gasteiger partial charge in [-0.25, -0.2) is 0 Å². The zero-order valence-electron chi connectivity index (χ0n) is 41.2. The van der Waals surface area contributed by atoms with Crippen molar-refractivity contribution in [2.75, 3.05) is 13.2 Å². The summed E-state index contributed by atoms with van der Waals surface area (Å²) in [6, 6.07) is 0. The molecule has 65 heavy (non-hydrogen) atoms. The molecule has 0 bridgehead atoms. The van der Waals surface area contributed by atoms with Crippen LogP contribution in [0.15, 0.2) is 146 Å². The number of carbonyl (C=O) groups excluding carboxylic acids is 3.